The second kappa shape index (κ2) is 2.87. The monoisotopic (exact) mass is 238 g/mol. The SMILES string of the molecule is O=C1C(C2=C3CC3C=CO2)=C[C@@H]2[C@H]1[C@@H]1C=C[C@H]2C1. The van der Waals surface area contributed by atoms with E-state index >= 15 is 0 Å². The molecule has 1 heterocycles. The smallest absolute Gasteiger partial charge is 0.170 e. The van der Waals surface area contributed by atoms with Crippen molar-refractivity contribution < 1.29 is 9.53 Å². The predicted molar refractivity (Wildman–Crippen MR) is 66.2 cm³/mol. The van der Waals surface area contributed by atoms with Crippen LogP contribution in [0.15, 0.2) is 47.5 Å². The zero-order valence-corrected chi connectivity index (χ0v) is 10.0. The van der Waals surface area contributed by atoms with E-state index in [1.54, 1.807) is 6.26 Å². The van der Waals surface area contributed by atoms with Gasteiger partial charge in [0.1, 0.15) is 5.76 Å². The summed E-state index contributed by atoms with van der Waals surface area (Å²) in [6.45, 7) is 0. The summed E-state index contributed by atoms with van der Waals surface area (Å²) in [5.41, 5.74) is 2.21. The fraction of sp³-hybridized carbons (Fsp3) is 0.438. The molecule has 2 nitrogen and oxygen atoms in total. The first-order valence-corrected chi connectivity index (χ1v) is 6.84. The molecule has 90 valence electrons. The standard InChI is InChI=1S/C16H14O2/c17-15-13(16-12-6-9(12)3-4-18-16)7-11-8-1-2-10(5-8)14(11)15/h1-4,7-11,14H,5-6H2/t8-,9?,10+,11-,14+/m0/s1. The maximum absolute atomic E-state index is 12.6. The van der Waals surface area contributed by atoms with Gasteiger partial charge in [0.2, 0.25) is 0 Å². The van der Waals surface area contributed by atoms with Gasteiger partial charge in [-0.1, -0.05) is 18.2 Å². The van der Waals surface area contributed by atoms with E-state index in [0.29, 0.717) is 29.5 Å². The first-order chi connectivity index (χ1) is 8.83. The van der Waals surface area contributed by atoms with Crippen LogP contribution in [0.5, 0.6) is 0 Å². The summed E-state index contributed by atoms with van der Waals surface area (Å²) in [4.78, 5) is 12.6. The lowest BCUT2D eigenvalue weighted by atomic mass is 9.85. The Morgan fingerprint density at radius 2 is 2.06 bits per heavy atom. The highest BCUT2D eigenvalue weighted by molar-refractivity contribution is 6.04. The van der Waals surface area contributed by atoms with E-state index in [1.807, 2.05) is 0 Å². The largest absolute Gasteiger partial charge is 0.465 e. The number of carbonyl (C=O) groups excluding carboxylic acids is 1. The molecule has 0 N–H and O–H groups in total. The van der Waals surface area contributed by atoms with E-state index in [0.717, 1.165) is 17.8 Å². The Morgan fingerprint density at radius 3 is 2.94 bits per heavy atom. The number of Topliss-reactive ketones (excluding diaryl/α,β-unsaturated/α-hetero) is 1. The maximum Gasteiger partial charge on any atom is 0.170 e. The molecule has 0 aromatic rings. The van der Waals surface area contributed by atoms with Crippen molar-refractivity contribution in [3.05, 3.63) is 47.5 Å². The third kappa shape index (κ3) is 0.984. The molecule has 5 atom stereocenters. The molecule has 1 aliphatic heterocycles. The minimum Gasteiger partial charge on any atom is -0.465 e. The minimum atomic E-state index is 0.217. The van der Waals surface area contributed by atoms with Crippen molar-refractivity contribution in [2.75, 3.05) is 0 Å². The maximum atomic E-state index is 12.6. The van der Waals surface area contributed by atoms with E-state index < -0.39 is 0 Å². The predicted octanol–water partition coefficient (Wildman–Crippen LogP) is 2.75. The van der Waals surface area contributed by atoms with Crippen molar-refractivity contribution >= 4 is 5.78 Å². The van der Waals surface area contributed by atoms with Gasteiger partial charge >= 0.3 is 0 Å². The average Bonchev–Trinajstić information content (AvgIpc) is 2.75. The Labute approximate surface area is 106 Å². The Bertz CT molecular complexity index is 590. The number of ether oxygens (including phenoxy) is 1. The first-order valence-electron chi connectivity index (χ1n) is 6.84. The van der Waals surface area contributed by atoms with Crippen molar-refractivity contribution in [3.63, 3.8) is 0 Å². The molecule has 2 fully saturated rings. The highest BCUT2D eigenvalue weighted by Crippen LogP contribution is 2.55. The minimum absolute atomic E-state index is 0.217. The number of hydrogen-bond acceptors (Lipinski definition) is 2. The molecular formula is C16H14O2. The van der Waals surface area contributed by atoms with Crippen LogP contribution in [-0.2, 0) is 9.53 Å². The van der Waals surface area contributed by atoms with Gasteiger partial charge in [0.25, 0.3) is 0 Å². The van der Waals surface area contributed by atoms with Crippen LogP contribution in [0.3, 0.4) is 0 Å². The van der Waals surface area contributed by atoms with Gasteiger partial charge in [-0.15, -0.1) is 0 Å². The fourth-order valence-electron chi connectivity index (χ4n) is 4.24. The zero-order chi connectivity index (χ0) is 11.9. The summed E-state index contributed by atoms with van der Waals surface area (Å²) in [6, 6.07) is 0. The summed E-state index contributed by atoms with van der Waals surface area (Å²) in [7, 11) is 0. The molecular weight excluding hydrogens is 224 g/mol. The molecule has 0 radical (unpaired) electrons. The van der Waals surface area contributed by atoms with Gasteiger partial charge in [-0.3, -0.25) is 4.79 Å². The van der Waals surface area contributed by atoms with Crippen LogP contribution in [0.4, 0.5) is 0 Å². The van der Waals surface area contributed by atoms with Gasteiger partial charge in [0.05, 0.1) is 11.8 Å². The lowest BCUT2D eigenvalue weighted by molar-refractivity contribution is -0.119. The molecule has 0 aromatic heterocycles. The molecule has 18 heavy (non-hydrogen) atoms. The quantitative estimate of drug-likeness (QED) is 0.657. The molecule has 4 aliphatic carbocycles. The van der Waals surface area contributed by atoms with E-state index in [4.69, 9.17) is 4.74 Å². The number of carbonyl (C=O) groups is 1. The fourth-order valence-corrected chi connectivity index (χ4v) is 4.24. The number of fused-ring (bicyclic) bond motifs is 6. The number of ketones is 1. The van der Waals surface area contributed by atoms with Crippen molar-refractivity contribution in [1.82, 2.24) is 0 Å². The molecule has 0 saturated heterocycles. The van der Waals surface area contributed by atoms with Crippen molar-refractivity contribution in [2.45, 2.75) is 12.8 Å². The Morgan fingerprint density at radius 1 is 1.17 bits per heavy atom. The van der Waals surface area contributed by atoms with Gasteiger partial charge in [-0.05, 0) is 42.2 Å². The van der Waals surface area contributed by atoms with Crippen LogP contribution in [0.1, 0.15) is 12.8 Å². The molecule has 5 aliphatic rings. The summed E-state index contributed by atoms with van der Waals surface area (Å²) in [5.74, 6) is 3.53. The summed E-state index contributed by atoms with van der Waals surface area (Å²) >= 11 is 0. The van der Waals surface area contributed by atoms with E-state index in [9.17, 15) is 4.79 Å². The van der Waals surface area contributed by atoms with Crippen LogP contribution in [0, 0.1) is 29.6 Å². The van der Waals surface area contributed by atoms with Gasteiger partial charge in [-0.2, -0.15) is 0 Å². The van der Waals surface area contributed by atoms with Crippen LogP contribution in [0.25, 0.3) is 0 Å². The van der Waals surface area contributed by atoms with Crippen LogP contribution >= 0.6 is 0 Å². The van der Waals surface area contributed by atoms with Crippen molar-refractivity contribution in [2.24, 2.45) is 29.6 Å². The topological polar surface area (TPSA) is 26.3 Å². The first kappa shape index (κ1) is 9.37. The third-order valence-electron chi connectivity index (χ3n) is 5.21. The Kier molecular flexibility index (Phi) is 1.50. The molecule has 5 rings (SSSR count). The van der Waals surface area contributed by atoms with Crippen LogP contribution in [-0.4, -0.2) is 5.78 Å². The second-order valence-electron chi connectivity index (χ2n) is 6.11. The molecule has 1 unspecified atom stereocenters. The van der Waals surface area contributed by atoms with Crippen LogP contribution in [0.2, 0.25) is 0 Å². The molecule has 0 spiro atoms. The summed E-state index contributed by atoms with van der Waals surface area (Å²) in [5, 5.41) is 0. The van der Waals surface area contributed by atoms with Gasteiger partial charge in [0, 0.05) is 11.8 Å². The molecule has 0 amide bonds. The van der Waals surface area contributed by atoms with E-state index in [1.165, 1.54) is 12.0 Å². The summed E-state index contributed by atoms with van der Waals surface area (Å²) in [6.07, 6.45) is 12.9. The lowest BCUT2D eigenvalue weighted by Crippen LogP contribution is -2.21. The number of allylic oxidation sites excluding steroid dienone is 6. The van der Waals surface area contributed by atoms with Gasteiger partial charge < -0.3 is 4.74 Å². The highest BCUT2D eigenvalue weighted by Gasteiger charge is 2.53. The molecule has 0 aromatic carbocycles. The number of rotatable bonds is 1. The highest BCUT2D eigenvalue weighted by atomic mass is 16.5. The van der Waals surface area contributed by atoms with Gasteiger partial charge in [0.15, 0.2) is 5.78 Å². The van der Waals surface area contributed by atoms with Crippen molar-refractivity contribution in [1.29, 1.82) is 0 Å². The zero-order valence-electron chi connectivity index (χ0n) is 10.0. The second-order valence-corrected chi connectivity index (χ2v) is 6.11. The summed E-state index contributed by atoms with van der Waals surface area (Å²) < 4.78 is 5.63. The molecule has 2 bridgehead atoms. The lowest BCUT2D eigenvalue weighted by Gasteiger charge is -2.18. The Hall–Kier alpha value is -1.57. The normalized spacial score (nSPS) is 46.1. The Balaban J connectivity index is 1.57. The van der Waals surface area contributed by atoms with E-state index in [-0.39, 0.29) is 5.92 Å². The molecule has 2 heteroatoms. The number of hydrogen-bond donors (Lipinski definition) is 0. The van der Waals surface area contributed by atoms with Crippen LogP contribution < -0.4 is 0 Å². The molecule has 2 saturated carbocycles. The van der Waals surface area contributed by atoms with E-state index in [2.05, 4.69) is 24.3 Å². The average molecular weight is 238 g/mol. The third-order valence-corrected chi connectivity index (χ3v) is 5.21. The van der Waals surface area contributed by atoms with Gasteiger partial charge in [-0.25, -0.2) is 0 Å². The van der Waals surface area contributed by atoms with Crippen molar-refractivity contribution in [3.8, 4) is 0 Å².